The van der Waals surface area contributed by atoms with E-state index < -0.39 is 7.12 Å². The van der Waals surface area contributed by atoms with Crippen molar-refractivity contribution < 1.29 is 10.0 Å². The van der Waals surface area contributed by atoms with Crippen LogP contribution in [-0.4, -0.2) is 36.3 Å². The molecule has 0 fully saturated rings. The third kappa shape index (κ3) is 9.25. The average molecular weight is 1120 g/mol. The molecule has 0 radical (unpaired) electrons. The standard InChI is InChI=1S/C37H24N2.C19H13BrN2.C18H13BO2/c1-2-11-27(12-3-1)37-38-34-16-8-9-17-35(34)39(37)29-22-20-26(21-23-29)33-24-28-19-18-25-10-4-5-13-30(25)36(28)32-15-7-6-14-31(32)33;20-15-10-12-16(13-11-15)22-18-9-5-4-8-17(18)21-19(22)14-6-2-1-3-7-14;20-19(21)17-11-13-10-9-12-5-1-2-6-14(12)18(13)16-8-4-3-7-15(16)17/h1-24H;1-13H;1-11,20-21H. The Morgan fingerprint density at radius 2 is 0.707 bits per heavy atom. The predicted octanol–water partition coefficient (Wildman–Crippen LogP) is 18.1. The van der Waals surface area contributed by atoms with E-state index in [4.69, 9.17) is 9.97 Å². The predicted molar refractivity (Wildman–Crippen MR) is 347 cm³/mol. The number of fused-ring (bicyclic) bond motifs is 12. The lowest BCUT2D eigenvalue weighted by atomic mass is 9.75. The molecule has 16 aromatic rings. The summed E-state index contributed by atoms with van der Waals surface area (Å²) in [6.45, 7) is 0. The van der Waals surface area contributed by atoms with Crippen LogP contribution >= 0.6 is 15.9 Å². The summed E-state index contributed by atoms with van der Waals surface area (Å²) in [5, 5.41) is 33.5. The highest BCUT2D eigenvalue weighted by Gasteiger charge is 2.19. The van der Waals surface area contributed by atoms with Gasteiger partial charge >= 0.3 is 7.12 Å². The van der Waals surface area contributed by atoms with Crippen LogP contribution in [0.1, 0.15) is 0 Å². The first-order valence-electron chi connectivity index (χ1n) is 27.4. The van der Waals surface area contributed by atoms with Gasteiger partial charge in [-0.15, -0.1) is 0 Å². The summed E-state index contributed by atoms with van der Waals surface area (Å²) in [6.07, 6.45) is 0. The largest absolute Gasteiger partial charge is 0.489 e. The number of aromatic nitrogens is 4. The van der Waals surface area contributed by atoms with Crippen molar-refractivity contribution >= 4 is 115 Å². The zero-order valence-electron chi connectivity index (χ0n) is 44.4. The van der Waals surface area contributed by atoms with E-state index in [9.17, 15) is 10.0 Å². The summed E-state index contributed by atoms with van der Waals surface area (Å²) in [5.74, 6) is 1.91. The third-order valence-corrected chi connectivity index (χ3v) is 16.0. The van der Waals surface area contributed by atoms with Gasteiger partial charge in [0.25, 0.3) is 0 Å². The zero-order chi connectivity index (χ0) is 55.1. The second-order valence-corrected chi connectivity index (χ2v) is 21.3. The molecule has 82 heavy (non-hydrogen) atoms. The summed E-state index contributed by atoms with van der Waals surface area (Å²) in [4.78, 5) is 9.84. The smallest absolute Gasteiger partial charge is 0.423 e. The Bertz CT molecular complexity index is 5020. The molecule has 0 aliphatic heterocycles. The van der Waals surface area contributed by atoms with Crippen LogP contribution in [0, 0.1) is 0 Å². The van der Waals surface area contributed by atoms with Crippen LogP contribution < -0.4 is 5.46 Å². The first-order valence-corrected chi connectivity index (χ1v) is 28.2. The fraction of sp³-hybridized carbons (Fsp3) is 0. The summed E-state index contributed by atoms with van der Waals surface area (Å²) in [5.41, 5.74) is 11.6. The van der Waals surface area contributed by atoms with Crippen LogP contribution in [0.4, 0.5) is 0 Å². The Hall–Kier alpha value is -9.96. The highest BCUT2D eigenvalue weighted by atomic mass is 79.9. The molecule has 16 rings (SSSR count). The van der Waals surface area contributed by atoms with Crippen LogP contribution in [0.5, 0.6) is 0 Å². The van der Waals surface area contributed by atoms with E-state index in [1.165, 1.54) is 54.2 Å². The molecule has 0 spiro atoms. The monoisotopic (exact) mass is 1120 g/mol. The number of imidazole rings is 2. The lowest BCUT2D eigenvalue weighted by Crippen LogP contribution is -2.30. The van der Waals surface area contributed by atoms with E-state index in [0.717, 1.165) is 82.2 Å². The Balaban J connectivity index is 0.000000119. The number of hydrogen-bond acceptors (Lipinski definition) is 4. The summed E-state index contributed by atoms with van der Waals surface area (Å²) < 4.78 is 5.54. The van der Waals surface area contributed by atoms with Gasteiger partial charge in [0.2, 0.25) is 0 Å². The molecule has 0 saturated carbocycles. The summed E-state index contributed by atoms with van der Waals surface area (Å²) in [6, 6.07) is 101. The van der Waals surface area contributed by atoms with E-state index in [-0.39, 0.29) is 0 Å². The average Bonchev–Trinajstić information content (AvgIpc) is 3.51. The van der Waals surface area contributed by atoms with Crippen LogP contribution in [0.15, 0.2) is 296 Å². The van der Waals surface area contributed by atoms with Gasteiger partial charge in [-0.05, 0) is 148 Å². The quantitative estimate of drug-likeness (QED) is 0.128. The van der Waals surface area contributed by atoms with Gasteiger partial charge in [0.15, 0.2) is 0 Å². The Labute approximate surface area is 482 Å². The van der Waals surface area contributed by atoms with E-state index in [1.54, 1.807) is 0 Å². The van der Waals surface area contributed by atoms with Crippen molar-refractivity contribution in [3.8, 4) is 45.3 Å². The molecule has 0 aliphatic carbocycles. The van der Waals surface area contributed by atoms with Gasteiger partial charge < -0.3 is 10.0 Å². The van der Waals surface area contributed by atoms with Gasteiger partial charge in [-0.1, -0.05) is 240 Å². The molecule has 14 aromatic carbocycles. The van der Waals surface area contributed by atoms with Crippen LogP contribution in [0.25, 0.3) is 132 Å². The number of rotatable bonds is 6. The summed E-state index contributed by atoms with van der Waals surface area (Å²) in [7, 11) is -1.47. The fourth-order valence-electron chi connectivity index (χ4n) is 11.8. The third-order valence-electron chi connectivity index (χ3n) is 15.5. The molecule has 2 heterocycles. The molecular weight excluding hydrogens is 1070 g/mol. The Kier molecular flexibility index (Phi) is 13.2. The molecule has 0 aliphatic rings. The van der Waals surface area contributed by atoms with Gasteiger partial charge in [0.1, 0.15) is 11.6 Å². The minimum atomic E-state index is -1.47. The van der Waals surface area contributed by atoms with Crippen molar-refractivity contribution in [2.75, 3.05) is 0 Å². The maximum absolute atomic E-state index is 9.65. The van der Waals surface area contributed by atoms with E-state index >= 15 is 0 Å². The zero-order valence-corrected chi connectivity index (χ0v) is 45.9. The van der Waals surface area contributed by atoms with Gasteiger partial charge in [-0.2, -0.15) is 0 Å². The van der Waals surface area contributed by atoms with Crippen LogP contribution in [-0.2, 0) is 0 Å². The van der Waals surface area contributed by atoms with Gasteiger partial charge in [0, 0.05) is 27.0 Å². The molecular formula is C74H50BBrN4O2. The van der Waals surface area contributed by atoms with Crippen molar-refractivity contribution in [3.63, 3.8) is 0 Å². The minimum Gasteiger partial charge on any atom is -0.423 e. The second-order valence-electron chi connectivity index (χ2n) is 20.4. The van der Waals surface area contributed by atoms with Crippen LogP contribution in [0.3, 0.4) is 0 Å². The number of halogens is 1. The van der Waals surface area contributed by atoms with Crippen molar-refractivity contribution in [2.24, 2.45) is 0 Å². The number of benzene rings is 14. The van der Waals surface area contributed by atoms with Crippen molar-refractivity contribution in [3.05, 3.63) is 296 Å². The highest BCUT2D eigenvalue weighted by Crippen LogP contribution is 2.40. The lowest BCUT2D eigenvalue weighted by Gasteiger charge is -2.14. The fourth-order valence-corrected chi connectivity index (χ4v) is 12.0. The number of hydrogen-bond donors (Lipinski definition) is 2. The van der Waals surface area contributed by atoms with E-state index in [2.05, 4.69) is 225 Å². The number of nitrogens with zero attached hydrogens (tertiary/aromatic N) is 4. The molecule has 8 heteroatoms. The minimum absolute atomic E-state index is 0.549. The molecule has 0 atom stereocenters. The first-order chi connectivity index (χ1) is 40.4. The lowest BCUT2D eigenvalue weighted by molar-refractivity contribution is 0.426. The van der Waals surface area contributed by atoms with Gasteiger partial charge in [-0.3, -0.25) is 9.13 Å². The molecule has 0 saturated heterocycles. The van der Waals surface area contributed by atoms with E-state index in [1.807, 2.05) is 91.0 Å². The van der Waals surface area contributed by atoms with E-state index in [0.29, 0.717) is 5.46 Å². The Morgan fingerprint density at radius 1 is 0.317 bits per heavy atom. The van der Waals surface area contributed by atoms with Gasteiger partial charge in [0.05, 0.1) is 22.1 Å². The topological polar surface area (TPSA) is 76.1 Å². The molecule has 2 N–H and O–H groups in total. The summed E-state index contributed by atoms with van der Waals surface area (Å²) >= 11 is 3.50. The van der Waals surface area contributed by atoms with Crippen molar-refractivity contribution in [1.82, 2.24) is 19.1 Å². The first kappa shape index (κ1) is 50.3. The SMILES string of the molecule is Brc1ccc(-n2c(-c3ccccc3)nc3ccccc32)cc1.OB(O)c1cc2ccc3ccccc3c2c2ccccc12.c1ccc(-c2nc3ccccc3n2-c2ccc(-c3cc4ccc5ccccc5c4c4ccccc34)cc2)cc1. The molecule has 388 valence electrons. The normalized spacial score (nSPS) is 11.4. The van der Waals surface area contributed by atoms with Crippen molar-refractivity contribution in [2.45, 2.75) is 0 Å². The molecule has 6 nitrogen and oxygen atoms in total. The molecule has 2 aromatic heterocycles. The highest BCUT2D eigenvalue weighted by molar-refractivity contribution is 9.10. The number of para-hydroxylation sites is 4. The van der Waals surface area contributed by atoms with Crippen molar-refractivity contribution in [1.29, 1.82) is 0 Å². The Morgan fingerprint density at radius 3 is 1.22 bits per heavy atom. The van der Waals surface area contributed by atoms with Gasteiger partial charge in [-0.25, -0.2) is 9.97 Å². The second kappa shape index (κ2) is 21.6. The molecule has 0 bridgehead atoms. The maximum Gasteiger partial charge on any atom is 0.489 e. The maximum atomic E-state index is 9.65. The van der Waals surface area contributed by atoms with Crippen LogP contribution in [0.2, 0.25) is 0 Å². The molecule has 0 amide bonds. The molecule has 0 unspecified atom stereocenters.